The minimum absolute atomic E-state index is 0.0351. The van der Waals surface area contributed by atoms with Crippen molar-refractivity contribution in [3.8, 4) is 0 Å². The minimum Gasteiger partial charge on any atom is -0.368 e. The number of amides is 1. The van der Waals surface area contributed by atoms with Gasteiger partial charge in [-0.2, -0.15) is 0 Å². The van der Waals surface area contributed by atoms with E-state index >= 15 is 0 Å². The monoisotopic (exact) mass is 238 g/mol. The highest BCUT2D eigenvalue weighted by Gasteiger charge is 2.10. The zero-order chi connectivity index (χ0) is 12.8. The Hall–Kier alpha value is -1.89. The van der Waals surface area contributed by atoms with Gasteiger partial charge in [0.05, 0.1) is 6.54 Å². The van der Waals surface area contributed by atoms with Crippen LogP contribution in [0.15, 0.2) is 0 Å². The molecule has 0 aliphatic heterocycles. The number of carbonyl (C=O) groups excluding carboxylic acids is 1. The summed E-state index contributed by atoms with van der Waals surface area (Å²) in [6, 6.07) is 0. The largest absolute Gasteiger partial charge is 0.368 e. The van der Waals surface area contributed by atoms with Gasteiger partial charge in [0.2, 0.25) is 5.91 Å². The molecule has 7 heteroatoms. The van der Waals surface area contributed by atoms with Crippen LogP contribution in [-0.2, 0) is 11.2 Å². The van der Waals surface area contributed by atoms with Gasteiger partial charge in [0.25, 0.3) is 0 Å². The highest BCUT2D eigenvalue weighted by Crippen LogP contribution is 2.19. The van der Waals surface area contributed by atoms with Crippen molar-refractivity contribution in [2.45, 2.75) is 26.7 Å². The average molecular weight is 238 g/mol. The average Bonchev–Trinajstić information content (AvgIpc) is 2.29. The van der Waals surface area contributed by atoms with Crippen molar-refractivity contribution in [3.63, 3.8) is 0 Å². The topological polar surface area (TPSA) is 119 Å². The number of anilines is 2. The molecule has 0 aromatic carbocycles. The number of hydrogen-bond acceptors (Lipinski definition) is 6. The van der Waals surface area contributed by atoms with Crippen molar-refractivity contribution in [2.75, 3.05) is 17.3 Å². The highest BCUT2D eigenvalue weighted by atomic mass is 16.1. The summed E-state index contributed by atoms with van der Waals surface area (Å²) >= 11 is 0. The van der Waals surface area contributed by atoms with E-state index in [1.54, 1.807) is 0 Å². The van der Waals surface area contributed by atoms with Gasteiger partial charge in [-0.15, -0.1) is 0 Å². The van der Waals surface area contributed by atoms with Gasteiger partial charge < -0.3 is 16.5 Å². The molecule has 0 atom stereocenters. The van der Waals surface area contributed by atoms with Gasteiger partial charge in [-0.05, 0) is 13.3 Å². The Kier molecular flexibility index (Phi) is 4.65. The summed E-state index contributed by atoms with van der Waals surface area (Å²) < 4.78 is 0. The SMILES string of the molecule is CCCc1nc(NN)c(C)c(NCC(N)=O)n1. The lowest BCUT2D eigenvalue weighted by Gasteiger charge is -2.12. The van der Waals surface area contributed by atoms with Crippen LogP contribution in [0.2, 0.25) is 0 Å². The van der Waals surface area contributed by atoms with E-state index in [1.807, 2.05) is 13.8 Å². The first-order valence-electron chi connectivity index (χ1n) is 5.44. The second kappa shape index (κ2) is 6.00. The number of aryl methyl sites for hydroxylation is 1. The van der Waals surface area contributed by atoms with Crippen LogP contribution in [0.25, 0.3) is 0 Å². The normalized spacial score (nSPS) is 10.1. The van der Waals surface area contributed by atoms with Gasteiger partial charge in [-0.1, -0.05) is 6.92 Å². The van der Waals surface area contributed by atoms with Crippen molar-refractivity contribution in [1.82, 2.24) is 9.97 Å². The lowest BCUT2D eigenvalue weighted by atomic mass is 10.2. The number of nitrogens with zero attached hydrogens (tertiary/aromatic N) is 2. The van der Waals surface area contributed by atoms with E-state index in [0.717, 1.165) is 18.4 Å². The van der Waals surface area contributed by atoms with Gasteiger partial charge in [-0.3, -0.25) is 4.79 Å². The van der Waals surface area contributed by atoms with Crippen molar-refractivity contribution in [1.29, 1.82) is 0 Å². The summed E-state index contributed by atoms with van der Waals surface area (Å²) in [4.78, 5) is 19.3. The first-order valence-corrected chi connectivity index (χ1v) is 5.44. The molecule has 17 heavy (non-hydrogen) atoms. The number of hydrazine groups is 1. The number of nitrogen functional groups attached to an aromatic ring is 1. The van der Waals surface area contributed by atoms with Crippen LogP contribution < -0.4 is 22.3 Å². The van der Waals surface area contributed by atoms with E-state index < -0.39 is 5.91 Å². The van der Waals surface area contributed by atoms with Crippen LogP contribution in [0.5, 0.6) is 0 Å². The molecular formula is C10H18N6O. The molecule has 1 amide bonds. The predicted molar refractivity (Wildman–Crippen MR) is 66.3 cm³/mol. The molecule has 6 N–H and O–H groups in total. The number of rotatable bonds is 6. The summed E-state index contributed by atoms with van der Waals surface area (Å²) in [6.07, 6.45) is 1.68. The molecule has 0 bridgehead atoms. The predicted octanol–water partition coefficient (Wildman–Crippen LogP) is -0.0797. The standard InChI is InChI=1S/C10H18N6O/c1-3-4-8-14-9(13-5-7(11)17)6(2)10(15-8)16-12/h3-5,12H2,1-2H3,(H2,11,17)(H2,13,14,15,16). The zero-order valence-electron chi connectivity index (χ0n) is 10.1. The maximum absolute atomic E-state index is 10.7. The number of aromatic nitrogens is 2. The summed E-state index contributed by atoms with van der Waals surface area (Å²) in [5.74, 6) is 6.75. The van der Waals surface area contributed by atoms with E-state index in [1.165, 1.54) is 0 Å². The summed E-state index contributed by atoms with van der Waals surface area (Å²) in [5, 5.41) is 2.86. The molecule has 1 aromatic rings. The number of nitrogens with two attached hydrogens (primary N) is 2. The van der Waals surface area contributed by atoms with Crippen molar-refractivity contribution in [3.05, 3.63) is 11.4 Å². The third kappa shape index (κ3) is 3.56. The minimum atomic E-state index is -0.442. The molecule has 0 saturated heterocycles. The molecule has 0 saturated carbocycles. The van der Waals surface area contributed by atoms with Gasteiger partial charge in [0, 0.05) is 12.0 Å². The molecular weight excluding hydrogens is 220 g/mol. The summed E-state index contributed by atoms with van der Waals surface area (Å²) in [6.45, 7) is 3.89. The molecule has 1 rings (SSSR count). The van der Waals surface area contributed by atoms with Gasteiger partial charge in [0.15, 0.2) is 0 Å². The second-order valence-corrected chi connectivity index (χ2v) is 3.68. The van der Waals surface area contributed by atoms with Crippen LogP contribution in [0.3, 0.4) is 0 Å². The number of primary amides is 1. The molecule has 94 valence electrons. The number of carbonyl (C=O) groups is 1. The molecule has 0 radical (unpaired) electrons. The quantitative estimate of drug-likeness (QED) is 0.406. The van der Waals surface area contributed by atoms with E-state index in [0.29, 0.717) is 17.5 Å². The smallest absolute Gasteiger partial charge is 0.236 e. The third-order valence-electron chi connectivity index (χ3n) is 2.23. The zero-order valence-corrected chi connectivity index (χ0v) is 10.1. The fourth-order valence-corrected chi connectivity index (χ4v) is 1.38. The Bertz CT molecular complexity index is 406. The first kappa shape index (κ1) is 13.2. The Morgan fingerprint density at radius 2 is 2.00 bits per heavy atom. The van der Waals surface area contributed by atoms with Crippen LogP contribution in [0.4, 0.5) is 11.6 Å². The van der Waals surface area contributed by atoms with E-state index in [2.05, 4.69) is 20.7 Å². The van der Waals surface area contributed by atoms with Crippen LogP contribution >= 0.6 is 0 Å². The molecule has 0 fully saturated rings. The highest BCUT2D eigenvalue weighted by molar-refractivity contribution is 5.79. The Morgan fingerprint density at radius 1 is 1.35 bits per heavy atom. The molecule has 0 aliphatic rings. The molecule has 0 spiro atoms. The molecule has 1 aromatic heterocycles. The fourth-order valence-electron chi connectivity index (χ4n) is 1.38. The van der Waals surface area contributed by atoms with E-state index in [9.17, 15) is 4.79 Å². The van der Waals surface area contributed by atoms with Gasteiger partial charge >= 0.3 is 0 Å². The molecule has 0 aliphatic carbocycles. The van der Waals surface area contributed by atoms with Gasteiger partial charge in [-0.25, -0.2) is 15.8 Å². The lowest BCUT2D eigenvalue weighted by Crippen LogP contribution is -2.23. The summed E-state index contributed by atoms with van der Waals surface area (Å²) in [5.41, 5.74) is 8.35. The van der Waals surface area contributed by atoms with Crippen LogP contribution in [0, 0.1) is 6.92 Å². The third-order valence-corrected chi connectivity index (χ3v) is 2.23. The van der Waals surface area contributed by atoms with E-state index in [-0.39, 0.29) is 6.54 Å². The fraction of sp³-hybridized carbons (Fsp3) is 0.500. The maximum Gasteiger partial charge on any atom is 0.236 e. The number of hydrogen-bond donors (Lipinski definition) is 4. The lowest BCUT2D eigenvalue weighted by molar-refractivity contribution is -0.116. The molecule has 0 unspecified atom stereocenters. The van der Waals surface area contributed by atoms with Gasteiger partial charge in [0.1, 0.15) is 17.5 Å². The number of nitrogens with one attached hydrogen (secondary N) is 2. The Labute approximate surface area is 100.0 Å². The Morgan fingerprint density at radius 3 is 2.53 bits per heavy atom. The second-order valence-electron chi connectivity index (χ2n) is 3.68. The Balaban J connectivity index is 2.99. The van der Waals surface area contributed by atoms with Crippen LogP contribution in [-0.4, -0.2) is 22.4 Å². The van der Waals surface area contributed by atoms with Crippen molar-refractivity contribution in [2.24, 2.45) is 11.6 Å². The van der Waals surface area contributed by atoms with Crippen molar-refractivity contribution >= 4 is 17.5 Å². The van der Waals surface area contributed by atoms with Crippen molar-refractivity contribution < 1.29 is 4.79 Å². The first-order chi connectivity index (χ1) is 8.08. The summed E-state index contributed by atoms with van der Waals surface area (Å²) in [7, 11) is 0. The van der Waals surface area contributed by atoms with E-state index in [4.69, 9.17) is 11.6 Å². The molecule has 1 heterocycles. The van der Waals surface area contributed by atoms with Crippen LogP contribution in [0.1, 0.15) is 24.7 Å². The maximum atomic E-state index is 10.7. The molecule has 7 nitrogen and oxygen atoms in total.